The Morgan fingerprint density at radius 1 is 1.18 bits per heavy atom. The predicted octanol–water partition coefficient (Wildman–Crippen LogP) is 2.75. The number of nitrogens with one attached hydrogen (secondary N) is 1. The summed E-state index contributed by atoms with van der Waals surface area (Å²) in [5.41, 5.74) is 3.25. The zero-order valence-corrected chi connectivity index (χ0v) is 9.46. The second-order valence-electron chi connectivity index (χ2n) is 3.87. The number of aromatic amines is 1. The molecule has 17 heavy (non-hydrogen) atoms. The fraction of sp³-hybridized carbons (Fsp3) is 0.0769. The fourth-order valence-corrected chi connectivity index (χ4v) is 1.87. The smallest absolute Gasteiger partial charge is 0.279 e. The van der Waals surface area contributed by atoms with Crippen molar-refractivity contribution in [2.24, 2.45) is 5.10 Å². The van der Waals surface area contributed by atoms with Gasteiger partial charge in [-0.1, -0.05) is 30.3 Å². The molecule has 0 bridgehead atoms. The van der Waals surface area contributed by atoms with Gasteiger partial charge < -0.3 is 0 Å². The van der Waals surface area contributed by atoms with Gasteiger partial charge in [-0.15, -0.1) is 5.10 Å². The van der Waals surface area contributed by atoms with Crippen LogP contribution in [0, 0.1) is 0 Å². The first-order valence-electron chi connectivity index (χ1n) is 5.46. The van der Waals surface area contributed by atoms with E-state index in [1.165, 1.54) is 0 Å². The summed E-state index contributed by atoms with van der Waals surface area (Å²) in [4.78, 5) is 0. The number of anilines is 1. The van der Waals surface area contributed by atoms with Crippen molar-refractivity contribution in [2.75, 3.05) is 0 Å². The zero-order valence-electron chi connectivity index (χ0n) is 9.46. The van der Waals surface area contributed by atoms with Crippen LogP contribution in [0.3, 0.4) is 0 Å². The molecule has 0 spiro atoms. The third-order valence-electron chi connectivity index (χ3n) is 2.74. The van der Waals surface area contributed by atoms with Gasteiger partial charge in [-0.3, -0.25) is 5.10 Å². The van der Waals surface area contributed by atoms with E-state index in [2.05, 4.69) is 27.4 Å². The van der Waals surface area contributed by atoms with Gasteiger partial charge in [0.2, 0.25) is 0 Å². The fourth-order valence-electron chi connectivity index (χ4n) is 1.87. The molecule has 0 aliphatic carbocycles. The maximum Gasteiger partial charge on any atom is 0.338 e. The van der Waals surface area contributed by atoms with Gasteiger partial charge in [0, 0.05) is 19.2 Å². The summed E-state index contributed by atoms with van der Waals surface area (Å²) in [6.45, 7) is 2.01. The normalized spacial score (nSPS) is 15.2. The van der Waals surface area contributed by atoms with E-state index in [0.717, 1.165) is 22.6 Å². The minimum atomic E-state index is 0.832. The molecule has 0 saturated carbocycles. The van der Waals surface area contributed by atoms with Gasteiger partial charge in [0.1, 0.15) is 0 Å². The number of nitrogens with zero attached hydrogens (tertiary/aromatic N) is 3. The monoisotopic (exact) mass is 224 g/mol. The summed E-state index contributed by atoms with van der Waals surface area (Å²) in [5, 5.41) is 13.3. The van der Waals surface area contributed by atoms with Crippen molar-refractivity contribution in [3.8, 4) is 11.1 Å². The van der Waals surface area contributed by atoms with Gasteiger partial charge in [-0.05, 0) is 10.7 Å². The van der Waals surface area contributed by atoms with Gasteiger partial charge in [0.25, 0.3) is 0 Å². The zero-order chi connectivity index (χ0) is 11.7. The second-order valence-corrected chi connectivity index (χ2v) is 3.87. The van der Waals surface area contributed by atoms with Crippen LogP contribution in [0.15, 0.2) is 53.4 Å². The Hall–Kier alpha value is -2.20. The van der Waals surface area contributed by atoms with E-state index in [1.54, 1.807) is 6.21 Å². The number of H-pyrrole nitrogens is 1. The highest BCUT2D eigenvalue weighted by atomic mass is 15.5. The van der Waals surface area contributed by atoms with E-state index >= 15 is 0 Å². The highest BCUT2D eigenvalue weighted by Gasteiger charge is 2.31. The molecule has 83 valence electrons. The molecule has 4 heteroatoms. The highest BCUT2D eigenvalue weighted by molar-refractivity contribution is 5.79. The molecule has 0 saturated heterocycles. The van der Waals surface area contributed by atoms with Gasteiger partial charge in [-0.25, -0.2) is 0 Å². The Morgan fingerprint density at radius 2 is 2.00 bits per heavy atom. The Kier molecular flexibility index (Phi) is 2.34. The first-order chi connectivity index (χ1) is 8.36. The number of allylic oxidation sites excluding steroid dienone is 2. The molecular formula is C13H12N4+. The molecule has 0 amide bonds. The van der Waals surface area contributed by atoms with Crippen molar-refractivity contribution in [3.63, 3.8) is 0 Å². The topological polar surface area (TPSA) is 46.9 Å². The van der Waals surface area contributed by atoms with Crippen LogP contribution in [0.4, 0.5) is 5.82 Å². The van der Waals surface area contributed by atoms with E-state index in [0.29, 0.717) is 0 Å². The van der Waals surface area contributed by atoms with Crippen LogP contribution in [0.1, 0.15) is 6.92 Å². The Labute approximate surface area is 99.3 Å². The average Bonchev–Trinajstić information content (AvgIpc) is 2.98. The second kappa shape index (κ2) is 3.99. The number of hydrazone groups is 1. The summed E-state index contributed by atoms with van der Waals surface area (Å²) in [5.74, 6) is 0.832. The standard InChI is InChI=1S/C13H12N4/c1-10-7-8-15-17(10)13-12(9-14-16-13)11-5-3-2-4-6-11/h2-9H,1H3,(H,14,16)/q+1. The molecule has 1 aromatic heterocycles. The molecule has 1 aliphatic heterocycles. The number of hydrogen-bond donors (Lipinski definition) is 1. The summed E-state index contributed by atoms with van der Waals surface area (Å²) in [7, 11) is 0. The van der Waals surface area contributed by atoms with Crippen LogP contribution in [0.5, 0.6) is 0 Å². The van der Waals surface area contributed by atoms with Crippen LogP contribution in [0.25, 0.3) is 11.1 Å². The minimum absolute atomic E-state index is 0.832. The van der Waals surface area contributed by atoms with Crippen molar-refractivity contribution >= 4 is 12.0 Å². The predicted molar refractivity (Wildman–Crippen MR) is 68.1 cm³/mol. The van der Waals surface area contributed by atoms with Gasteiger partial charge in [0.15, 0.2) is 5.70 Å². The Morgan fingerprint density at radius 3 is 2.71 bits per heavy atom. The van der Waals surface area contributed by atoms with Gasteiger partial charge >= 0.3 is 5.82 Å². The van der Waals surface area contributed by atoms with E-state index in [1.807, 2.05) is 42.4 Å². The lowest BCUT2D eigenvalue weighted by atomic mass is 10.1. The first-order valence-corrected chi connectivity index (χ1v) is 5.46. The lowest BCUT2D eigenvalue weighted by Crippen LogP contribution is -2.12. The van der Waals surface area contributed by atoms with E-state index in [-0.39, 0.29) is 0 Å². The van der Waals surface area contributed by atoms with Crippen molar-refractivity contribution in [1.82, 2.24) is 15.2 Å². The van der Waals surface area contributed by atoms with Crippen molar-refractivity contribution in [2.45, 2.75) is 6.92 Å². The molecule has 4 nitrogen and oxygen atoms in total. The van der Waals surface area contributed by atoms with Crippen molar-refractivity contribution in [1.29, 1.82) is 0 Å². The van der Waals surface area contributed by atoms with E-state index in [9.17, 15) is 0 Å². The summed E-state index contributed by atoms with van der Waals surface area (Å²) in [6, 6.07) is 10.2. The lowest BCUT2D eigenvalue weighted by Gasteiger charge is -2.00. The SMILES string of the molecule is CC1=CC=N[N+]1c1n[nH]cc1-c1ccccc1. The molecule has 3 rings (SSSR count). The largest absolute Gasteiger partial charge is 0.338 e. The number of rotatable bonds is 2. The molecule has 1 aliphatic rings. The number of benzene rings is 1. The van der Waals surface area contributed by atoms with Crippen LogP contribution >= 0.6 is 0 Å². The molecule has 0 atom stereocenters. The molecule has 1 radical (unpaired) electrons. The molecule has 0 fully saturated rings. The third kappa shape index (κ3) is 1.68. The third-order valence-corrected chi connectivity index (χ3v) is 2.74. The molecular weight excluding hydrogens is 212 g/mol. The van der Waals surface area contributed by atoms with Crippen LogP contribution in [-0.2, 0) is 0 Å². The maximum atomic E-state index is 4.28. The summed E-state index contributed by atoms with van der Waals surface area (Å²) < 4.78 is 0. The van der Waals surface area contributed by atoms with Gasteiger partial charge in [0.05, 0.1) is 16.8 Å². The quantitative estimate of drug-likeness (QED) is 0.783. The maximum absolute atomic E-state index is 4.28. The van der Waals surface area contributed by atoms with Crippen LogP contribution < -0.4 is 5.01 Å². The van der Waals surface area contributed by atoms with E-state index < -0.39 is 0 Å². The highest BCUT2D eigenvalue weighted by Crippen LogP contribution is 2.31. The molecule has 2 aromatic rings. The molecule has 0 unspecified atom stereocenters. The number of hydrogen-bond acceptors (Lipinski definition) is 3. The lowest BCUT2D eigenvalue weighted by molar-refractivity contribution is 0.676. The minimum Gasteiger partial charge on any atom is -0.279 e. The van der Waals surface area contributed by atoms with E-state index in [4.69, 9.17) is 0 Å². The van der Waals surface area contributed by atoms with Gasteiger partial charge in [-0.2, -0.15) is 0 Å². The molecule has 2 heterocycles. The van der Waals surface area contributed by atoms with Crippen molar-refractivity contribution in [3.05, 3.63) is 48.3 Å². The van der Waals surface area contributed by atoms with Crippen LogP contribution in [0.2, 0.25) is 0 Å². The summed E-state index contributed by atoms with van der Waals surface area (Å²) in [6.07, 6.45) is 5.63. The molecule has 1 aromatic carbocycles. The Bertz CT molecular complexity index is 580. The molecule has 1 N–H and O–H groups in total. The van der Waals surface area contributed by atoms with Crippen molar-refractivity contribution < 1.29 is 0 Å². The first kappa shape index (κ1) is 9.99. The summed E-state index contributed by atoms with van der Waals surface area (Å²) >= 11 is 0. The number of aromatic nitrogens is 2. The average molecular weight is 224 g/mol. The Balaban J connectivity index is 2.06. The van der Waals surface area contributed by atoms with Crippen LogP contribution in [-0.4, -0.2) is 16.4 Å².